The van der Waals surface area contributed by atoms with Crippen molar-refractivity contribution >= 4 is 5.91 Å². The number of nitrogens with one attached hydrogen (secondary N) is 1. The van der Waals surface area contributed by atoms with E-state index in [9.17, 15) is 4.79 Å². The maximum atomic E-state index is 13.6. The van der Waals surface area contributed by atoms with Gasteiger partial charge in [0.15, 0.2) is 0 Å². The summed E-state index contributed by atoms with van der Waals surface area (Å²) < 4.78 is 6.55. The van der Waals surface area contributed by atoms with Crippen LogP contribution in [0, 0.1) is 0 Å². The molecule has 6 rings (SSSR count). The molecule has 0 bridgehead atoms. The van der Waals surface area contributed by atoms with E-state index in [1.54, 1.807) is 0 Å². The van der Waals surface area contributed by atoms with E-state index in [1.807, 2.05) is 30.3 Å². The molecule has 4 aromatic rings. The van der Waals surface area contributed by atoms with E-state index in [0.29, 0.717) is 23.8 Å². The predicted molar refractivity (Wildman–Crippen MR) is 182 cm³/mol. The lowest BCUT2D eigenvalue weighted by Gasteiger charge is -2.38. The molecule has 0 spiro atoms. The number of amides is 1. The fourth-order valence-corrected chi connectivity index (χ4v) is 6.73. The van der Waals surface area contributed by atoms with Crippen LogP contribution >= 0.6 is 0 Å². The molecule has 0 aliphatic carbocycles. The van der Waals surface area contributed by atoms with Crippen molar-refractivity contribution in [3.63, 3.8) is 0 Å². The van der Waals surface area contributed by atoms with E-state index in [4.69, 9.17) is 4.74 Å². The van der Waals surface area contributed by atoms with Gasteiger partial charge in [-0.1, -0.05) is 103 Å². The smallest absolute Gasteiger partial charge is 0.255 e. The number of piperazine rings is 1. The minimum Gasteiger partial charge on any atom is -0.489 e. The van der Waals surface area contributed by atoms with Crippen molar-refractivity contribution in [2.75, 3.05) is 59.4 Å². The van der Waals surface area contributed by atoms with Crippen molar-refractivity contribution in [1.29, 1.82) is 0 Å². The Labute approximate surface area is 268 Å². The normalized spacial score (nSPS) is 17.6. The number of piperidine rings is 1. The number of carbonyl (C=O) groups is 1. The molecule has 2 aliphatic rings. The second kappa shape index (κ2) is 15.3. The van der Waals surface area contributed by atoms with Gasteiger partial charge in [0.25, 0.3) is 5.91 Å². The summed E-state index contributed by atoms with van der Waals surface area (Å²) >= 11 is 0. The van der Waals surface area contributed by atoms with Crippen molar-refractivity contribution in [3.05, 3.63) is 138 Å². The number of likely N-dealkylation sites (N-methyl/N-ethyl adjacent to an activating group) is 1. The van der Waals surface area contributed by atoms with Gasteiger partial charge in [-0.05, 0) is 48.7 Å². The Morgan fingerprint density at radius 3 is 1.84 bits per heavy atom. The van der Waals surface area contributed by atoms with Gasteiger partial charge in [0.1, 0.15) is 11.9 Å². The quantitative estimate of drug-likeness (QED) is 0.226. The highest BCUT2D eigenvalue weighted by molar-refractivity contribution is 5.96. The van der Waals surface area contributed by atoms with Gasteiger partial charge < -0.3 is 19.9 Å². The molecule has 0 radical (unpaired) electrons. The van der Waals surface area contributed by atoms with Crippen molar-refractivity contribution < 1.29 is 9.53 Å². The highest BCUT2D eigenvalue weighted by Gasteiger charge is 2.27. The Morgan fingerprint density at radius 2 is 1.24 bits per heavy atom. The first-order valence-corrected chi connectivity index (χ1v) is 16.5. The lowest BCUT2D eigenvalue weighted by atomic mass is 9.90. The third-order valence-electron chi connectivity index (χ3n) is 9.42. The van der Waals surface area contributed by atoms with Gasteiger partial charge in [-0.25, -0.2) is 0 Å². The number of rotatable bonds is 11. The molecule has 1 unspecified atom stereocenters. The second-order valence-corrected chi connectivity index (χ2v) is 12.5. The zero-order valence-corrected chi connectivity index (χ0v) is 26.4. The first kappa shape index (κ1) is 31.0. The molecule has 4 aromatic carbocycles. The third kappa shape index (κ3) is 8.20. The van der Waals surface area contributed by atoms with Crippen LogP contribution in [0.4, 0.5) is 0 Å². The minimum atomic E-state index is -0.0772. The van der Waals surface area contributed by atoms with E-state index in [0.717, 1.165) is 58.7 Å². The van der Waals surface area contributed by atoms with Crippen LogP contribution in [0.3, 0.4) is 0 Å². The molecule has 2 aliphatic heterocycles. The molecule has 0 aromatic heterocycles. The number of hydrogen-bond acceptors (Lipinski definition) is 5. The number of ether oxygens (including phenoxy) is 1. The molecule has 2 fully saturated rings. The Morgan fingerprint density at radius 1 is 0.711 bits per heavy atom. The minimum absolute atomic E-state index is 0.0772. The van der Waals surface area contributed by atoms with Gasteiger partial charge in [0, 0.05) is 58.3 Å². The molecule has 2 saturated heterocycles. The van der Waals surface area contributed by atoms with Gasteiger partial charge in [-0.2, -0.15) is 0 Å². The molecule has 1 amide bonds. The van der Waals surface area contributed by atoms with Crippen molar-refractivity contribution in [1.82, 2.24) is 20.0 Å². The van der Waals surface area contributed by atoms with Crippen LogP contribution in [-0.4, -0.2) is 86.1 Å². The van der Waals surface area contributed by atoms with Gasteiger partial charge in [-0.15, -0.1) is 0 Å². The number of likely N-dealkylation sites (tertiary alicyclic amines) is 1. The zero-order chi connectivity index (χ0) is 30.8. The number of para-hydroxylation sites is 1. The lowest BCUT2D eigenvalue weighted by molar-refractivity contribution is 0.0855. The van der Waals surface area contributed by atoms with Gasteiger partial charge in [0.05, 0.1) is 11.6 Å². The number of nitrogens with zero attached hydrogens (tertiary/aromatic N) is 3. The average Bonchev–Trinajstić information content (AvgIpc) is 3.10. The fourth-order valence-electron chi connectivity index (χ4n) is 6.73. The predicted octanol–water partition coefficient (Wildman–Crippen LogP) is 6.08. The highest BCUT2D eigenvalue weighted by atomic mass is 16.5. The molecule has 6 nitrogen and oxygen atoms in total. The van der Waals surface area contributed by atoms with Crippen molar-refractivity contribution in [3.8, 4) is 5.75 Å². The van der Waals surface area contributed by atoms with Crippen LogP contribution in [0.15, 0.2) is 115 Å². The van der Waals surface area contributed by atoms with Crippen LogP contribution in [0.2, 0.25) is 0 Å². The van der Waals surface area contributed by atoms with E-state index >= 15 is 0 Å². The molecule has 2 heterocycles. The molecule has 234 valence electrons. The SMILES string of the molecule is CN1CCN(C(CNC(=O)c2ccccc2OC2CCN(CC(c3ccccc3)c3ccccc3)CC2)c2ccccc2)CC1. The first-order chi connectivity index (χ1) is 22.1. The summed E-state index contributed by atoms with van der Waals surface area (Å²) in [5.74, 6) is 0.933. The molecular formula is C39H46N4O2. The van der Waals surface area contributed by atoms with Crippen LogP contribution in [0.25, 0.3) is 0 Å². The molecule has 1 atom stereocenters. The molecular weight excluding hydrogens is 556 g/mol. The van der Waals surface area contributed by atoms with E-state index < -0.39 is 0 Å². The summed E-state index contributed by atoms with van der Waals surface area (Å²) in [5.41, 5.74) is 4.55. The molecule has 0 saturated carbocycles. The first-order valence-electron chi connectivity index (χ1n) is 16.5. The maximum absolute atomic E-state index is 13.6. The summed E-state index contributed by atoms with van der Waals surface area (Å²) in [4.78, 5) is 21.0. The molecule has 6 heteroatoms. The highest BCUT2D eigenvalue weighted by Crippen LogP contribution is 2.29. The number of benzene rings is 4. The second-order valence-electron chi connectivity index (χ2n) is 12.5. The molecule has 1 N–H and O–H groups in total. The Balaban J connectivity index is 1.06. The van der Waals surface area contributed by atoms with Crippen LogP contribution in [0.5, 0.6) is 5.75 Å². The Kier molecular flexibility index (Phi) is 10.6. The van der Waals surface area contributed by atoms with Gasteiger partial charge >= 0.3 is 0 Å². The monoisotopic (exact) mass is 602 g/mol. The zero-order valence-electron chi connectivity index (χ0n) is 26.4. The summed E-state index contributed by atoms with van der Waals surface area (Å²) in [6.07, 6.45) is 1.96. The standard InChI is InChI=1S/C39H46N4O2/c1-41-25-27-43(28-26-41)37(33-17-9-4-10-18-33)29-40-39(44)35-19-11-12-20-38(35)45-34-21-23-42(24-22-34)30-36(31-13-5-2-6-14-31)32-15-7-3-8-16-32/h2-20,34,36-37H,21-30H2,1H3,(H,40,44). The topological polar surface area (TPSA) is 48.1 Å². The summed E-state index contributed by atoms with van der Waals surface area (Å²) in [6, 6.07) is 40.0. The largest absolute Gasteiger partial charge is 0.489 e. The van der Waals surface area contributed by atoms with Crippen LogP contribution in [0.1, 0.15) is 51.8 Å². The Bertz CT molecular complexity index is 1430. The average molecular weight is 603 g/mol. The summed E-state index contributed by atoms with van der Waals surface area (Å²) in [7, 11) is 2.17. The van der Waals surface area contributed by atoms with Crippen LogP contribution < -0.4 is 10.1 Å². The van der Waals surface area contributed by atoms with E-state index in [1.165, 1.54) is 16.7 Å². The number of hydrogen-bond donors (Lipinski definition) is 1. The van der Waals surface area contributed by atoms with Gasteiger partial charge in [-0.3, -0.25) is 9.69 Å². The summed E-state index contributed by atoms with van der Waals surface area (Å²) in [5, 5.41) is 3.26. The summed E-state index contributed by atoms with van der Waals surface area (Å²) in [6.45, 7) is 7.53. The van der Waals surface area contributed by atoms with E-state index in [2.05, 4.69) is 112 Å². The maximum Gasteiger partial charge on any atom is 0.255 e. The van der Waals surface area contributed by atoms with Crippen LogP contribution in [-0.2, 0) is 0 Å². The lowest BCUT2D eigenvalue weighted by Crippen LogP contribution is -2.48. The Hall–Kier alpha value is -3.97. The molecule has 45 heavy (non-hydrogen) atoms. The van der Waals surface area contributed by atoms with Crippen molar-refractivity contribution in [2.45, 2.75) is 30.9 Å². The van der Waals surface area contributed by atoms with Gasteiger partial charge in [0.2, 0.25) is 0 Å². The van der Waals surface area contributed by atoms with E-state index in [-0.39, 0.29) is 18.1 Å². The third-order valence-corrected chi connectivity index (χ3v) is 9.42. The fraction of sp³-hybridized carbons (Fsp3) is 0.359. The number of carbonyl (C=O) groups excluding carboxylic acids is 1. The van der Waals surface area contributed by atoms with Crippen molar-refractivity contribution in [2.24, 2.45) is 0 Å².